The lowest BCUT2D eigenvalue weighted by Crippen LogP contribution is -2.58. The van der Waals surface area contributed by atoms with E-state index in [-0.39, 0.29) is 25.4 Å². The molecule has 5 atom stereocenters. The standard InChI is InChI=1S/C45H61N7O9S2/c1-27(2)52-34-16-12-14-31(38-46-33(26-62-38)28-17-21-59-22-18-28)36(34)48-41(52)60-30-23-35-37(53)49-45(40(55)50-63(57,58)44(6)19-20-44)24-29(45)13-10-8-7-9-11-15-32(39(54)51(35)25-30)47-42(56)61-43(3,4)5/h10,12-14,16,26-30,32,35H,7-9,11,15,17-25H2,1-6H3,(H,47,56)(H,49,53)(H,50,55)/b13-10-/t29-,30-,32+,35+,45-/m1/s1. The first-order valence-electron chi connectivity index (χ1n) is 22.4. The first kappa shape index (κ1) is 45.0. The minimum atomic E-state index is -4.01. The molecule has 0 unspecified atom stereocenters. The van der Waals surface area contributed by atoms with Crippen molar-refractivity contribution in [2.24, 2.45) is 5.92 Å². The maximum atomic E-state index is 14.8. The molecule has 1 aromatic carbocycles. The number of amides is 4. The second kappa shape index (κ2) is 17.4. The summed E-state index contributed by atoms with van der Waals surface area (Å²) in [6.45, 7) is 12.3. The van der Waals surface area contributed by atoms with Gasteiger partial charge in [0.25, 0.3) is 11.9 Å². The molecule has 4 fully saturated rings. The van der Waals surface area contributed by atoms with Gasteiger partial charge in [0.05, 0.1) is 22.5 Å². The number of carbonyl (C=O) groups is 4. The summed E-state index contributed by atoms with van der Waals surface area (Å²) in [5.41, 5.74) is 1.14. The van der Waals surface area contributed by atoms with Gasteiger partial charge in [-0.3, -0.25) is 23.7 Å². The van der Waals surface area contributed by atoms with Crippen LogP contribution >= 0.6 is 11.3 Å². The molecule has 0 bridgehead atoms. The van der Waals surface area contributed by atoms with Crippen LogP contribution in [0.5, 0.6) is 6.01 Å². The Kier molecular flexibility index (Phi) is 12.5. The fraction of sp³-hybridized carbons (Fsp3) is 0.644. The summed E-state index contributed by atoms with van der Waals surface area (Å²) >= 11 is 1.58. The van der Waals surface area contributed by atoms with Crippen molar-refractivity contribution in [1.29, 1.82) is 0 Å². The zero-order valence-electron chi connectivity index (χ0n) is 37.1. The Morgan fingerprint density at radius 1 is 1.06 bits per heavy atom. The lowest BCUT2D eigenvalue weighted by atomic mass is 9.97. The molecule has 2 saturated carbocycles. The number of hydrogen-bond donors (Lipinski definition) is 3. The van der Waals surface area contributed by atoms with Crippen LogP contribution in [0.1, 0.15) is 130 Å². The zero-order valence-corrected chi connectivity index (χ0v) is 38.7. The molecule has 63 heavy (non-hydrogen) atoms. The molecule has 2 aliphatic carbocycles. The van der Waals surface area contributed by atoms with Crippen molar-refractivity contribution in [1.82, 2.24) is 34.8 Å². The van der Waals surface area contributed by atoms with Crippen molar-refractivity contribution in [3.8, 4) is 16.6 Å². The van der Waals surface area contributed by atoms with Crippen LogP contribution in [-0.4, -0.2) is 106 Å². The Balaban J connectivity index is 1.11. The van der Waals surface area contributed by atoms with E-state index < -0.39 is 73.8 Å². The molecule has 4 amide bonds. The second-order valence-corrected chi connectivity index (χ2v) is 22.5. The number of alkyl carbamates (subject to hydrolysis) is 1. The normalized spacial score (nSPS) is 27.4. The largest absolute Gasteiger partial charge is 0.459 e. The molecule has 16 nitrogen and oxygen atoms in total. The number of allylic oxidation sites excluding steroid dienone is 1. The number of rotatable bonds is 9. The van der Waals surface area contributed by atoms with Crippen LogP contribution in [0.2, 0.25) is 0 Å². The average molecular weight is 908 g/mol. The molecular weight excluding hydrogens is 847 g/mol. The van der Waals surface area contributed by atoms with Crippen LogP contribution in [0.15, 0.2) is 35.7 Å². The summed E-state index contributed by atoms with van der Waals surface area (Å²) in [4.78, 5) is 68.2. The van der Waals surface area contributed by atoms with E-state index in [2.05, 4.69) is 20.7 Å². The molecule has 0 radical (unpaired) electrons. The number of ether oxygens (including phenoxy) is 3. The Labute approximate surface area is 373 Å². The zero-order chi connectivity index (χ0) is 44.9. The lowest BCUT2D eigenvalue weighted by molar-refractivity contribution is -0.141. The molecular formula is C45H61N7O9S2. The minimum Gasteiger partial charge on any atom is -0.459 e. The van der Waals surface area contributed by atoms with E-state index in [1.165, 1.54) is 4.90 Å². The number of nitrogens with one attached hydrogen (secondary N) is 3. The van der Waals surface area contributed by atoms with Gasteiger partial charge in [0, 0.05) is 48.5 Å². The van der Waals surface area contributed by atoms with E-state index in [0.717, 1.165) is 60.7 Å². The number of thiazole rings is 1. The monoisotopic (exact) mass is 907 g/mol. The molecule has 3 aromatic rings. The molecule has 2 saturated heterocycles. The van der Waals surface area contributed by atoms with E-state index in [4.69, 9.17) is 24.2 Å². The highest BCUT2D eigenvalue weighted by molar-refractivity contribution is 7.91. The maximum Gasteiger partial charge on any atom is 0.408 e. The molecule has 342 valence electrons. The van der Waals surface area contributed by atoms with E-state index in [9.17, 15) is 27.6 Å². The summed E-state index contributed by atoms with van der Waals surface area (Å²) < 4.78 is 47.7. The van der Waals surface area contributed by atoms with Crippen molar-refractivity contribution in [3.05, 3.63) is 41.4 Å². The van der Waals surface area contributed by atoms with E-state index in [0.29, 0.717) is 49.5 Å². The summed E-state index contributed by atoms with van der Waals surface area (Å²) in [5, 5.41) is 8.69. The molecule has 3 aliphatic heterocycles. The molecule has 0 spiro atoms. The fourth-order valence-corrected chi connectivity index (χ4v) is 11.2. The van der Waals surface area contributed by atoms with Gasteiger partial charge in [-0.1, -0.05) is 31.1 Å². The molecule has 8 rings (SSSR count). The summed E-state index contributed by atoms with van der Waals surface area (Å²) in [5.74, 6) is -2.00. The van der Waals surface area contributed by atoms with Gasteiger partial charge in [0.2, 0.25) is 21.8 Å². The number of aromatic nitrogens is 3. The van der Waals surface area contributed by atoms with E-state index in [1.807, 2.05) is 48.8 Å². The second-order valence-electron chi connectivity index (χ2n) is 19.4. The highest BCUT2D eigenvalue weighted by Gasteiger charge is 2.63. The minimum absolute atomic E-state index is 0.0201. The van der Waals surface area contributed by atoms with Gasteiger partial charge >= 0.3 is 6.09 Å². The SMILES string of the molecule is CC(C)n1c(O[C@@H]2C[C@H]3C(=O)N[C@]4(C(=O)NS(=O)(=O)C5(C)CC5)C[C@H]4/C=C\CCCCC[C@H](NC(=O)OC(C)(C)C)C(=O)N3C2)nc2c(-c3nc(C4CCOCC4)cs3)cccc21. The van der Waals surface area contributed by atoms with Crippen molar-refractivity contribution >= 4 is 56.2 Å². The smallest absolute Gasteiger partial charge is 0.408 e. The number of imidazole rings is 1. The van der Waals surface area contributed by atoms with Crippen molar-refractivity contribution in [2.45, 2.75) is 158 Å². The lowest BCUT2D eigenvalue weighted by Gasteiger charge is -2.30. The van der Waals surface area contributed by atoms with Crippen LogP contribution in [-0.2, 0) is 33.9 Å². The number of para-hydroxylation sites is 1. The van der Waals surface area contributed by atoms with Gasteiger partial charge in [-0.15, -0.1) is 11.3 Å². The van der Waals surface area contributed by atoms with Gasteiger partial charge in [0.1, 0.15) is 39.9 Å². The number of benzene rings is 1. The van der Waals surface area contributed by atoms with Gasteiger partial charge in [0.15, 0.2) is 0 Å². The molecule has 18 heteroatoms. The summed E-state index contributed by atoms with van der Waals surface area (Å²) in [6, 6.07) is 4.06. The number of nitrogens with zero attached hydrogens (tertiary/aromatic N) is 4. The van der Waals surface area contributed by atoms with E-state index in [1.54, 1.807) is 39.0 Å². The number of hydrogen-bond acceptors (Lipinski definition) is 12. The van der Waals surface area contributed by atoms with Crippen LogP contribution < -0.4 is 20.1 Å². The van der Waals surface area contributed by atoms with Crippen LogP contribution in [0.3, 0.4) is 0 Å². The highest BCUT2D eigenvalue weighted by atomic mass is 32.2. The third-order valence-electron chi connectivity index (χ3n) is 13.0. The molecule has 2 aromatic heterocycles. The maximum absolute atomic E-state index is 14.8. The molecule has 3 N–H and O–H groups in total. The third kappa shape index (κ3) is 9.49. The number of fused-ring (bicyclic) bond motifs is 3. The number of carbonyl (C=O) groups excluding carboxylic acids is 4. The molecule has 5 aliphatic rings. The van der Waals surface area contributed by atoms with Crippen LogP contribution in [0, 0.1) is 5.92 Å². The van der Waals surface area contributed by atoms with E-state index >= 15 is 0 Å². The van der Waals surface area contributed by atoms with Gasteiger partial charge in [-0.25, -0.2) is 18.2 Å². The van der Waals surface area contributed by atoms with Crippen LogP contribution in [0.25, 0.3) is 21.6 Å². The highest BCUT2D eigenvalue weighted by Crippen LogP contribution is 2.48. The topological polar surface area (TPSA) is 200 Å². The van der Waals surface area contributed by atoms with Crippen molar-refractivity contribution in [2.75, 3.05) is 19.8 Å². The third-order valence-corrected chi connectivity index (χ3v) is 16.1. The number of sulfonamides is 1. The van der Waals surface area contributed by atoms with Crippen molar-refractivity contribution < 1.29 is 41.8 Å². The quantitative estimate of drug-likeness (QED) is 0.205. The molecule has 5 heterocycles. The Bertz CT molecular complexity index is 2380. The Morgan fingerprint density at radius 3 is 2.54 bits per heavy atom. The predicted molar refractivity (Wildman–Crippen MR) is 238 cm³/mol. The Hall–Kier alpha value is -4.55. The first-order chi connectivity index (χ1) is 29.9. The van der Waals surface area contributed by atoms with Gasteiger partial charge < -0.3 is 29.7 Å². The average Bonchev–Trinajstić information content (AvgIpc) is 3.89. The fourth-order valence-electron chi connectivity index (χ4n) is 8.99. The van der Waals surface area contributed by atoms with Crippen molar-refractivity contribution in [3.63, 3.8) is 0 Å². The summed E-state index contributed by atoms with van der Waals surface area (Å²) in [7, 11) is -4.01. The summed E-state index contributed by atoms with van der Waals surface area (Å²) in [6.07, 6.45) is 8.50. The Morgan fingerprint density at radius 2 is 1.83 bits per heavy atom. The van der Waals surface area contributed by atoms with Gasteiger partial charge in [-0.05, 0) is 105 Å². The van der Waals surface area contributed by atoms with Gasteiger partial charge in [-0.2, -0.15) is 4.98 Å². The predicted octanol–water partition coefficient (Wildman–Crippen LogP) is 6.27. The first-order valence-corrected chi connectivity index (χ1v) is 24.8. The van der Waals surface area contributed by atoms with Crippen LogP contribution in [0.4, 0.5) is 4.79 Å².